The molecule has 1 unspecified atom stereocenters. The molecule has 3 rings (SSSR count). The van der Waals surface area contributed by atoms with Gasteiger partial charge in [0.25, 0.3) is 5.91 Å². The average Bonchev–Trinajstić information content (AvgIpc) is 3.03. The van der Waals surface area contributed by atoms with Crippen LogP contribution in [0.4, 0.5) is 0 Å². The molecule has 1 aromatic heterocycles. The third-order valence-corrected chi connectivity index (χ3v) is 5.76. The van der Waals surface area contributed by atoms with Crippen molar-refractivity contribution in [2.75, 3.05) is 13.7 Å². The van der Waals surface area contributed by atoms with Crippen LogP contribution in [-0.2, 0) is 28.9 Å². The Morgan fingerprint density at radius 1 is 1.28 bits per heavy atom. The van der Waals surface area contributed by atoms with E-state index in [1.54, 1.807) is 11.9 Å². The van der Waals surface area contributed by atoms with Gasteiger partial charge in [-0.3, -0.25) is 4.79 Å². The SMILES string of the molecule is CC1CCc2sc(C(=O)OCC(=O)N(C)Cc3ccccc3)cc2C1. The second kappa shape index (κ2) is 7.83. The minimum Gasteiger partial charge on any atom is -0.451 e. The van der Waals surface area contributed by atoms with E-state index in [1.165, 1.54) is 28.2 Å². The van der Waals surface area contributed by atoms with E-state index in [0.717, 1.165) is 18.4 Å². The first-order valence-electron chi connectivity index (χ1n) is 8.59. The molecule has 0 fully saturated rings. The van der Waals surface area contributed by atoms with Crippen molar-refractivity contribution in [2.24, 2.45) is 5.92 Å². The Labute approximate surface area is 152 Å². The predicted molar refractivity (Wildman–Crippen MR) is 98.7 cm³/mol. The molecule has 1 aliphatic rings. The van der Waals surface area contributed by atoms with Crippen molar-refractivity contribution in [2.45, 2.75) is 32.7 Å². The minimum absolute atomic E-state index is 0.202. The largest absolute Gasteiger partial charge is 0.451 e. The molecule has 0 aliphatic heterocycles. The Morgan fingerprint density at radius 2 is 2.04 bits per heavy atom. The van der Waals surface area contributed by atoms with E-state index in [-0.39, 0.29) is 12.5 Å². The second-order valence-electron chi connectivity index (χ2n) is 6.72. The lowest BCUT2D eigenvalue weighted by atomic mass is 9.90. The number of hydrogen-bond acceptors (Lipinski definition) is 4. The lowest BCUT2D eigenvalue weighted by Gasteiger charge is -2.17. The maximum absolute atomic E-state index is 12.2. The highest BCUT2D eigenvalue weighted by molar-refractivity contribution is 7.14. The summed E-state index contributed by atoms with van der Waals surface area (Å²) in [4.78, 5) is 27.9. The van der Waals surface area contributed by atoms with Crippen LogP contribution < -0.4 is 0 Å². The van der Waals surface area contributed by atoms with Crippen LogP contribution in [0.2, 0.25) is 0 Å². The van der Waals surface area contributed by atoms with Gasteiger partial charge >= 0.3 is 5.97 Å². The van der Waals surface area contributed by atoms with Crippen molar-refractivity contribution in [3.05, 3.63) is 57.3 Å². The number of aryl methyl sites for hydroxylation is 1. The smallest absolute Gasteiger partial charge is 0.348 e. The molecule has 25 heavy (non-hydrogen) atoms. The third kappa shape index (κ3) is 4.48. The molecule has 1 atom stereocenters. The van der Waals surface area contributed by atoms with E-state index in [1.807, 2.05) is 36.4 Å². The van der Waals surface area contributed by atoms with Crippen LogP contribution in [0.25, 0.3) is 0 Å². The van der Waals surface area contributed by atoms with Gasteiger partial charge in [0.1, 0.15) is 4.88 Å². The Bertz CT molecular complexity index is 754. The molecule has 1 aromatic carbocycles. The van der Waals surface area contributed by atoms with Crippen molar-refractivity contribution < 1.29 is 14.3 Å². The quantitative estimate of drug-likeness (QED) is 0.767. The van der Waals surface area contributed by atoms with Crippen LogP contribution in [-0.4, -0.2) is 30.4 Å². The number of rotatable bonds is 5. The number of nitrogens with zero attached hydrogens (tertiary/aromatic N) is 1. The van der Waals surface area contributed by atoms with Gasteiger partial charge < -0.3 is 9.64 Å². The zero-order valence-corrected chi connectivity index (χ0v) is 15.5. The molecule has 2 aromatic rings. The van der Waals surface area contributed by atoms with Crippen molar-refractivity contribution >= 4 is 23.2 Å². The fourth-order valence-corrected chi connectivity index (χ4v) is 4.16. The summed E-state index contributed by atoms with van der Waals surface area (Å²) in [5.41, 5.74) is 2.31. The number of esters is 1. The maximum Gasteiger partial charge on any atom is 0.348 e. The molecule has 0 N–H and O–H groups in total. The van der Waals surface area contributed by atoms with Crippen molar-refractivity contribution in [1.29, 1.82) is 0 Å². The fraction of sp³-hybridized carbons (Fsp3) is 0.400. The van der Waals surface area contributed by atoms with Crippen LogP contribution in [0.1, 0.15) is 39.0 Å². The van der Waals surface area contributed by atoms with Gasteiger partial charge in [0.2, 0.25) is 0 Å². The van der Waals surface area contributed by atoms with Crippen LogP contribution in [0.3, 0.4) is 0 Å². The lowest BCUT2D eigenvalue weighted by Crippen LogP contribution is -2.30. The van der Waals surface area contributed by atoms with Gasteiger partial charge in [-0.05, 0) is 42.4 Å². The number of carbonyl (C=O) groups is 2. The minimum atomic E-state index is -0.395. The molecule has 0 bridgehead atoms. The Morgan fingerprint density at radius 3 is 2.80 bits per heavy atom. The number of benzene rings is 1. The van der Waals surface area contributed by atoms with Gasteiger partial charge in [-0.25, -0.2) is 4.79 Å². The second-order valence-corrected chi connectivity index (χ2v) is 7.86. The Balaban J connectivity index is 1.52. The van der Waals surface area contributed by atoms with Crippen molar-refractivity contribution in [3.63, 3.8) is 0 Å². The molecular weight excluding hydrogens is 334 g/mol. The number of amides is 1. The van der Waals surface area contributed by atoms with E-state index >= 15 is 0 Å². The highest BCUT2D eigenvalue weighted by Gasteiger charge is 2.22. The summed E-state index contributed by atoms with van der Waals surface area (Å²) in [6.45, 7) is 2.52. The van der Waals surface area contributed by atoms with Gasteiger partial charge in [0.15, 0.2) is 6.61 Å². The van der Waals surface area contributed by atoms with E-state index in [2.05, 4.69) is 6.92 Å². The summed E-state index contributed by atoms with van der Waals surface area (Å²) in [7, 11) is 1.72. The monoisotopic (exact) mass is 357 g/mol. The van der Waals surface area contributed by atoms with Crippen LogP contribution in [0, 0.1) is 5.92 Å². The number of thiophene rings is 1. The Hall–Kier alpha value is -2.14. The molecule has 0 saturated heterocycles. The van der Waals surface area contributed by atoms with E-state index in [9.17, 15) is 9.59 Å². The van der Waals surface area contributed by atoms with Crippen LogP contribution in [0.15, 0.2) is 36.4 Å². The lowest BCUT2D eigenvalue weighted by molar-refractivity contribution is -0.133. The zero-order valence-electron chi connectivity index (χ0n) is 14.7. The first kappa shape index (κ1) is 17.7. The number of hydrogen-bond donors (Lipinski definition) is 0. The molecule has 4 nitrogen and oxygen atoms in total. The molecule has 0 radical (unpaired) electrons. The van der Waals surface area contributed by atoms with Crippen LogP contribution >= 0.6 is 11.3 Å². The maximum atomic E-state index is 12.2. The highest BCUT2D eigenvalue weighted by Crippen LogP contribution is 2.32. The van der Waals surface area contributed by atoms with Gasteiger partial charge in [-0.15, -0.1) is 11.3 Å². The highest BCUT2D eigenvalue weighted by atomic mass is 32.1. The number of fused-ring (bicyclic) bond motifs is 1. The topological polar surface area (TPSA) is 46.6 Å². The van der Waals surface area contributed by atoms with Crippen molar-refractivity contribution in [1.82, 2.24) is 4.90 Å². The van der Waals surface area contributed by atoms with Gasteiger partial charge in [0.05, 0.1) is 0 Å². The number of likely N-dealkylation sites (N-methyl/N-ethyl adjacent to an activating group) is 1. The summed E-state index contributed by atoms with van der Waals surface area (Å²) in [5, 5.41) is 0. The normalized spacial score (nSPS) is 16.2. The standard InChI is InChI=1S/C20H23NO3S/c1-14-8-9-17-16(10-14)11-18(25-17)20(23)24-13-19(22)21(2)12-15-6-4-3-5-7-15/h3-7,11,14H,8-10,12-13H2,1-2H3. The first-order valence-corrected chi connectivity index (χ1v) is 9.41. The Kier molecular flexibility index (Phi) is 5.53. The number of ether oxygens (including phenoxy) is 1. The number of carbonyl (C=O) groups excluding carboxylic acids is 2. The molecule has 1 heterocycles. The first-order chi connectivity index (χ1) is 12.0. The van der Waals surface area contributed by atoms with E-state index < -0.39 is 5.97 Å². The average molecular weight is 357 g/mol. The molecule has 5 heteroatoms. The van der Waals surface area contributed by atoms with Crippen LogP contribution in [0.5, 0.6) is 0 Å². The molecule has 1 amide bonds. The molecule has 0 spiro atoms. The summed E-state index contributed by atoms with van der Waals surface area (Å²) in [6, 6.07) is 11.7. The zero-order chi connectivity index (χ0) is 17.8. The van der Waals surface area contributed by atoms with Crippen molar-refractivity contribution in [3.8, 4) is 0 Å². The fourth-order valence-electron chi connectivity index (χ4n) is 3.06. The summed E-state index contributed by atoms with van der Waals surface area (Å²) in [6.07, 6.45) is 3.23. The van der Waals surface area contributed by atoms with E-state index in [4.69, 9.17) is 4.74 Å². The molecule has 1 aliphatic carbocycles. The van der Waals surface area contributed by atoms with Gasteiger partial charge in [0, 0.05) is 18.5 Å². The molecular formula is C20H23NO3S. The third-order valence-electron chi connectivity index (χ3n) is 4.55. The summed E-state index contributed by atoms with van der Waals surface area (Å²) < 4.78 is 5.23. The van der Waals surface area contributed by atoms with E-state index in [0.29, 0.717) is 17.3 Å². The van der Waals surface area contributed by atoms with Gasteiger partial charge in [-0.1, -0.05) is 37.3 Å². The summed E-state index contributed by atoms with van der Waals surface area (Å²) >= 11 is 1.51. The summed E-state index contributed by atoms with van der Waals surface area (Å²) in [5.74, 6) is 0.0693. The predicted octanol–water partition coefficient (Wildman–Crippen LogP) is 3.69. The molecule has 0 saturated carbocycles. The molecule has 132 valence electrons. The van der Waals surface area contributed by atoms with Gasteiger partial charge in [-0.2, -0.15) is 0 Å².